The summed E-state index contributed by atoms with van der Waals surface area (Å²) in [6, 6.07) is 10.2. The van der Waals surface area contributed by atoms with Crippen LogP contribution in [0.5, 0.6) is 0 Å². The predicted octanol–water partition coefficient (Wildman–Crippen LogP) is 2.45. The molecule has 1 aromatic carbocycles. The topological polar surface area (TPSA) is 23.5 Å². The number of anilines is 1. The maximum Gasteiger partial charge on any atom is 0.0606 e. The van der Waals surface area contributed by atoms with Crippen LogP contribution in [0, 0.1) is 0 Å². The van der Waals surface area contributed by atoms with Gasteiger partial charge in [-0.25, -0.2) is 0 Å². The fourth-order valence-electron chi connectivity index (χ4n) is 1.56. The molecular formula is C13H19NO. The Morgan fingerprint density at radius 1 is 1.20 bits per heavy atom. The number of hydrogen-bond donors (Lipinski definition) is 1. The van der Waals surface area contributed by atoms with Crippen molar-refractivity contribution in [2.75, 3.05) is 24.6 Å². The molecule has 0 fully saturated rings. The number of nitrogens with zero attached hydrogens (tertiary/aromatic N) is 1. The van der Waals surface area contributed by atoms with Gasteiger partial charge in [-0.15, -0.1) is 6.58 Å². The minimum absolute atomic E-state index is 0.197. The Morgan fingerprint density at radius 3 is 2.53 bits per heavy atom. The number of aliphatic hydroxyl groups is 1. The van der Waals surface area contributed by atoms with E-state index in [1.54, 1.807) is 0 Å². The zero-order valence-corrected chi connectivity index (χ0v) is 9.10. The minimum Gasteiger partial charge on any atom is -0.395 e. The molecule has 0 unspecified atom stereocenters. The van der Waals surface area contributed by atoms with E-state index in [-0.39, 0.29) is 6.61 Å². The van der Waals surface area contributed by atoms with Gasteiger partial charge in [0, 0.05) is 18.8 Å². The first kappa shape index (κ1) is 11.8. The summed E-state index contributed by atoms with van der Waals surface area (Å²) in [5, 5.41) is 8.99. The smallest absolute Gasteiger partial charge is 0.0606 e. The molecule has 15 heavy (non-hydrogen) atoms. The molecule has 0 amide bonds. The van der Waals surface area contributed by atoms with Crippen molar-refractivity contribution in [3.05, 3.63) is 43.0 Å². The van der Waals surface area contributed by atoms with Crippen LogP contribution in [0.15, 0.2) is 43.0 Å². The van der Waals surface area contributed by atoms with E-state index in [9.17, 15) is 0 Å². The highest BCUT2D eigenvalue weighted by atomic mass is 16.3. The van der Waals surface area contributed by atoms with E-state index in [1.807, 2.05) is 24.3 Å². The van der Waals surface area contributed by atoms with E-state index >= 15 is 0 Å². The van der Waals surface area contributed by atoms with Crippen molar-refractivity contribution in [1.82, 2.24) is 0 Å². The second kappa shape index (κ2) is 7.07. The molecule has 0 radical (unpaired) electrons. The average Bonchev–Trinajstić information content (AvgIpc) is 2.29. The van der Waals surface area contributed by atoms with E-state index in [4.69, 9.17) is 5.11 Å². The van der Waals surface area contributed by atoms with Gasteiger partial charge in [-0.2, -0.15) is 0 Å². The SMILES string of the molecule is C=CCCCN(CCO)c1ccccc1. The molecule has 0 aromatic heterocycles. The van der Waals surface area contributed by atoms with Gasteiger partial charge < -0.3 is 10.0 Å². The van der Waals surface area contributed by atoms with Crippen LogP contribution in [0.4, 0.5) is 5.69 Å². The third-order valence-electron chi connectivity index (χ3n) is 2.33. The monoisotopic (exact) mass is 205 g/mol. The summed E-state index contributed by atoms with van der Waals surface area (Å²) in [4.78, 5) is 2.20. The first-order chi connectivity index (χ1) is 7.38. The second-order valence-electron chi connectivity index (χ2n) is 3.48. The summed E-state index contributed by atoms with van der Waals surface area (Å²) in [6.45, 7) is 5.57. The molecule has 2 nitrogen and oxygen atoms in total. The minimum atomic E-state index is 0.197. The number of para-hydroxylation sites is 1. The number of rotatable bonds is 7. The van der Waals surface area contributed by atoms with Gasteiger partial charge in [0.2, 0.25) is 0 Å². The molecule has 0 spiro atoms. The number of aliphatic hydroxyl groups excluding tert-OH is 1. The van der Waals surface area contributed by atoms with Gasteiger partial charge in [0.15, 0.2) is 0 Å². The Morgan fingerprint density at radius 2 is 1.93 bits per heavy atom. The Labute approximate surface area is 91.9 Å². The molecule has 0 bridgehead atoms. The highest BCUT2D eigenvalue weighted by Crippen LogP contribution is 2.13. The van der Waals surface area contributed by atoms with Gasteiger partial charge in [0.05, 0.1) is 6.61 Å². The van der Waals surface area contributed by atoms with Crippen LogP contribution < -0.4 is 4.90 Å². The van der Waals surface area contributed by atoms with Crippen LogP contribution in [0.1, 0.15) is 12.8 Å². The van der Waals surface area contributed by atoms with Gasteiger partial charge in [-0.1, -0.05) is 24.3 Å². The lowest BCUT2D eigenvalue weighted by molar-refractivity contribution is 0.301. The first-order valence-electron chi connectivity index (χ1n) is 5.40. The number of benzene rings is 1. The molecular weight excluding hydrogens is 186 g/mol. The standard InChI is InChI=1S/C13H19NO/c1-2-3-7-10-14(11-12-15)13-8-5-4-6-9-13/h2,4-6,8-9,15H,1,3,7,10-12H2. The third-order valence-corrected chi connectivity index (χ3v) is 2.33. The highest BCUT2D eigenvalue weighted by Gasteiger charge is 2.03. The van der Waals surface area contributed by atoms with Crippen LogP contribution in [-0.2, 0) is 0 Å². The lowest BCUT2D eigenvalue weighted by atomic mass is 10.2. The van der Waals surface area contributed by atoms with Crippen molar-refractivity contribution in [3.8, 4) is 0 Å². The van der Waals surface area contributed by atoms with Crippen LogP contribution >= 0.6 is 0 Å². The van der Waals surface area contributed by atoms with Gasteiger partial charge in [-0.05, 0) is 25.0 Å². The largest absolute Gasteiger partial charge is 0.395 e. The van der Waals surface area contributed by atoms with E-state index in [1.165, 1.54) is 5.69 Å². The normalized spacial score (nSPS) is 9.93. The quantitative estimate of drug-likeness (QED) is 0.546. The average molecular weight is 205 g/mol. The third kappa shape index (κ3) is 4.17. The number of hydrogen-bond acceptors (Lipinski definition) is 2. The first-order valence-corrected chi connectivity index (χ1v) is 5.40. The van der Waals surface area contributed by atoms with Crippen LogP contribution in [-0.4, -0.2) is 24.8 Å². The van der Waals surface area contributed by atoms with Gasteiger partial charge in [-0.3, -0.25) is 0 Å². The number of allylic oxidation sites excluding steroid dienone is 1. The van der Waals surface area contributed by atoms with Gasteiger partial charge in [0.1, 0.15) is 0 Å². The summed E-state index contributed by atoms with van der Waals surface area (Å²) in [5.74, 6) is 0. The zero-order chi connectivity index (χ0) is 10.9. The van der Waals surface area contributed by atoms with Gasteiger partial charge in [0.25, 0.3) is 0 Å². The lowest BCUT2D eigenvalue weighted by Gasteiger charge is -2.23. The van der Waals surface area contributed by atoms with Crippen LogP contribution in [0.2, 0.25) is 0 Å². The predicted molar refractivity (Wildman–Crippen MR) is 65.2 cm³/mol. The molecule has 1 N–H and O–H groups in total. The second-order valence-corrected chi connectivity index (χ2v) is 3.48. The Kier molecular flexibility index (Phi) is 5.56. The fraction of sp³-hybridized carbons (Fsp3) is 0.385. The van der Waals surface area contributed by atoms with Crippen molar-refractivity contribution in [3.63, 3.8) is 0 Å². The van der Waals surface area contributed by atoms with Crippen molar-refractivity contribution in [1.29, 1.82) is 0 Å². The molecule has 0 heterocycles. The van der Waals surface area contributed by atoms with E-state index in [0.29, 0.717) is 6.54 Å². The molecule has 1 rings (SSSR count). The molecule has 82 valence electrons. The molecule has 0 aliphatic rings. The molecule has 0 aliphatic heterocycles. The Bertz CT molecular complexity index is 271. The van der Waals surface area contributed by atoms with E-state index in [2.05, 4.69) is 23.6 Å². The summed E-state index contributed by atoms with van der Waals surface area (Å²) in [6.07, 6.45) is 4.04. The lowest BCUT2D eigenvalue weighted by Crippen LogP contribution is -2.27. The fourth-order valence-corrected chi connectivity index (χ4v) is 1.56. The molecule has 0 aliphatic carbocycles. The van der Waals surface area contributed by atoms with E-state index < -0.39 is 0 Å². The van der Waals surface area contributed by atoms with Crippen molar-refractivity contribution >= 4 is 5.69 Å². The van der Waals surface area contributed by atoms with Crippen LogP contribution in [0.25, 0.3) is 0 Å². The van der Waals surface area contributed by atoms with Gasteiger partial charge >= 0.3 is 0 Å². The van der Waals surface area contributed by atoms with Crippen molar-refractivity contribution in [2.24, 2.45) is 0 Å². The molecule has 0 saturated heterocycles. The van der Waals surface area contributed by atoms with Crippen molar-refractivity contribution < 1.29 is 5.11 Å². The molecule has 0 saturated carbocycles. The summed E-state index contributed by atoms with van der Waals surface area (Å²) in [5.41, 5.74) is 1.18. The maximum absolute atomic E-state index is 8.99. The Balaban J connectivity index is 2.53. The van der Waals surface area contributed by atoms with Crippen LogP contribution in [0.3, 0.4) is 0 Å². The molecule has 2 heteroatoms. The molecule has 0 atom stereocenters. The summed E-state index contributed by atoms with van der Waals surface area (Å²) >= 11 is 0. The maximum atomic E-state index is 8.99. The highest BCUT2D eigenvalue weighted by molar-refractivity contribution is 5.45. The summed E-state index contributed by atoms with van der Waals surface area (Å²) in [7, 11) is 0. The van der Waals surface area contributed by atoms with Crippen molar-refractivity contribution in [2.45, 2.75) is 12.8 Å². The molecule has 1 aromatic rings. The Hall–Kier alpha value is -1.28. The zero-order valence-electron chi connectivity index (χ0n) is 9.10. The number of unbranched alkanes of at least 4 members (excludes halogenated alkanes) is 1. The summed E-state index contributed by atoms with van der Waals surface area (Å²) < 4.78 is 0. The van der Waals surface area contributed by atoms with E-state index in [0.717, 1.165) is 19.4 Å².